The molecule has 0 spiro atoms. The lowest BCUT2D eigenvalue weighted by molar-refractivity contribution is 0.316. The van der Waals surface area contributed by atoms with Gasteiger partial charge in [-0.05, 0) is 49.5 Å². The topological polar surface area (TPSA) is 70.9 Å². The fourth-order valence-electron chi connectivity index (χ4n) is 3.38. The Morgan fingerprint density at radius 2 is 1.71 bits per heavy atom. The Morgan fingerprint density at radius 3 is 2.42 bits per heavy atom. The molecule has 0 saturated heterocycles. The van der Waals surface area contributed by atoms with Gasteiger partial charge < -0.3 is 15.5 Å². The van der Waals surface area contributed by atoms with Crippen molar-refractivity contribution in [3.05, 3.63) is 65.8 Å². The number of hydrogen-bond donors (Lipinski definition) is 2. The van der Waals surface area contributed by atoms with E-state index in [2.05, 4.69) is 34.5 Å². The molecule has 0 aliphatic rings. The molecule has 0 saturated carbocycles. The van der Waals surface area contributed by atoms with Crippen molar-refractivity contribution in [1.82, 2.24) is 24.6 Å². The van der Waals surface area contributed by atoms with Crippen LogP contribution in [0.5, 0.6) is 0 Å². The second-order valence-corrected chi connectivity index (χ2v) is 7.55. The van der Waals surface area contributed by atoms with E-state index < -0.39 is 0 Å². The number of nitrogens with zero attached hydrogens (tertiary/aromatic N) is 5. The maximum atomic E-state index is 6.03. The highest BCUT2D eigenvalue weighted by Crippen LogP contribution is 2.27. The normalized spacial score (nSPS) is 11.2. The first kappa shape index (κ1) is 21.1. The second kappa shape index (κ2) is 9.76. The Labute approximate surface area is 187 Å². The number of hydrogen-bond acceptors (Lipinski definition) is 6. The zero-order valence-corrected chi connectivity index (χ0v) is 18.5. The molecule has 2 heterocycles. The quantitative estimate of drug-likeness (QED) is 0.387. The molecule has 0 amide bonds. The maximum Gasteiger partial charge on any atom is 0.226 e. The molecule has 0 aliphatic heterocycles. The lowest BCUT2D eigenvalue weighted by Gasteiger charge is -2.18. The number of anilines is 3. The number of fused-ring (bicyclic) bond motifs is 1. The molecule has 0 fully saturated rings. The van der Waals surface area contributed by atoms with Gasteiger partial charge in [0.15, 0.2) is 5.65 Å². The van der Waals surface area contributed by atoms with Gasteiger partial charge in [-0.25, -0.2) is 4.68 Å². The molecule has 0 unspecified atom stereocenters. The second-order valence-electron chi connectivity index (χ2n) is 7.11. The summed E-state index contributed by atoms with van der Waals surface area (Å²) >= 11 is 6.03. The minimum absolute atomic E-state index is 0.564. The zero-order valence-electron chi connectivity index (χ0n) is 17.7. The highest BCUT2D eigenvalue weighted by Gasteiger charge is 2.14. The number of benzene rings is 2. The molecular weight excluding hydrogens is 410 g/mol. The molecule has 4 rings (SSSR count). The smallest absolute Gasteiger partial charge is 0.226 e. The van der Waals surface area contributed by atoms with Gasteiger partial charge in [0.05, 0.1) is 17.3 Å². The van der Waals surface area contributed by atoms with Gasteiger partial charge in [0, 0.05) is 23.8 Å². The lowest BCUT2D eigenvalue weighted by Crippen LogP contribution is -2.29. The predicted molar refractivity (Wildman–Crippen MR) is 128 cm³/mol. The summed E-state index contributed by atoms with van der Waals surface area (Å²) in [6, 6.07) is 17.5. The summed E-state index contributed by atoms with van der Waals surface area (Å²) in [5.74, 6) is 1.26. The fraction of sp³-hybridized carbons (Fsp3) is 0.261. The summed E-state index contributed by atoms with van der Waals surface area (Å²) < 4.78 is 1.83. The minimum atomic E-state index is 0.564. The summed E-state index contributed by atoms with van der Waals surface area (Å²) in [6.45, 7) is 8.04. The number of rotatable bonds is 9. The highest BCUT2D eigenvalue weighted by molar-refractivity contribution is 6.30. The first-order valence-electron chi connectivity index (χ1n) is 10.5. The molecule has 0 atom stereocenters. The van der Waals surface area contributed by atoms with E-state index in [1.165, 1.54) is 0 Å². The van der Waals surface area contributed by atoms with Crippen molar-refractivity contribution in [2.45, 2.75) is 13.8 Å². The average molecular weight is 436 g/mol. The third-order valence-corrected chi connectivity index (χ3v) is 5.39. The summed E-state index contributed by atoms with van der Waals surface area (Å²) in [6.07, 6.45) is 1.79. The van der Waals surface area contributed by atoms with Crippen molar-refractivity contribution in [1.29, 1.82) is 0 Å². The van der Waals surface area contributed by atoms with Gasteiger partial charge in [-0.15, -0.1) is 0 Å². The van der Waals surface area contributed by atoms with Crippen LogP contribution in [0.3, 0.4) is 0 Å². The third-order valence-electron chi connectivity index (χ3n) is 5.14. The van der Waals surface area contributed by atoms with E-state index in [9.17, 15) is 0 Å². The summed E-state index contributed by atoms with van der Waals surface area (Å²) in [7, 11) is 0. The molecule has 0 radical (unpaired) electrons. The molecule has 7 nitrogen and oxygen atoms in total. The zero-order chi connectivity index (χ0) is 21.6. The summed E-state index contributed by atoms with van der Waals surface area (Å²) in [4.78, 5) is 11.9. The molecule has 0 aliphatic carbocycles. The van der Waals surface area contributed by atoms with E-state index in [1.54, 1.807) is 6.20 Å². The van der Waals surface area contributed by atoms with Crippen LogP contribution in [0.25, 0.3) is 16.7 Å². The van der Waals surface area contributed by atoms with Gasteiger partial charge >= 0.3 is 0 Å². The van der Waals surface area contributed by atoms with E-state index in [0.717, 1.165) is 48.6 Å². The number of aromatic nitrogens is 4. The number of para-hydroxylation sites is 1. The van der Waals surface area contributed by atoms with Crippen molar-refractivity contribution in [3.63, 3.8) is 0 Å². The Kier molecular flexibility index (Phi) is 6.64. The first-order chi connectivity index (χ1) is 15.2. The Morgan fingerprint density at radius 1 is 0.968 bits per heavy atom. The molecule has 2 aromatic carbocycles. The molecule has 160 valence electrons. The van der Waals surface area contributed by atoms with Crippen molar-refractivity contribution < 1.29 is 0 Å². The monoisotopic (exact) mass is 435 g/mol. The van der Waals surface area contributed by atoms with E-state index >= 15 is 0 Å². The van der Waals surface area contributed by atoms with Crippen LogP contribution < -0.4 is 10.6 Å². The molecule has 8 heteroatoms. The van der Waals surface area contributed by atoms with Gasteiger partial charge in [0.1, 0.15) is 5.82 Å². The van der Waals surface area contributed by atoms with Gasteiger partial charge in [0.25, 0.3) is 0 Å². The summed E-state index contributed by atoms with van der Waals surface area (Å²) in [5, 5.41) is 12.9. The van der Waals surface area contributed by atoms with Gasteiger partial charge in [-0.3, -0.25) is 0 Å². The first-order valence-corrected chi connectivity index (χ1v) is 10.9. The SMILES string of the molecule is CCN(CC)CCNc1nc(Nc2ccc(Cl)cc2)c2cnn(-c3ccccc3)c2n1. The van der Waals surface area contributed by atoms with Gasteiger partial charge in [-0.1, -0.05) is 43.6 Å². The summed E-state index contributed by atoms with van der Waals surface area (Å²) in [5.41, 5.74) is 2.58. The molecule has 2 N–H and O–H groups in total. The van der Waals surface area contributed by atoms with Crippen LogP contribution in [0, 0.1) is 0 Å². The molecule has 2 aromatic heterocycles. The van der Waals surface area contributed by atoms with Crippen LogP contribution in [-0.4, -0.2) is 50.8 Å². The number of nitrogens with one attached hydrogen (secondary N) is 2. The van der Waals surface area contributed by atoms with E-state index in [1.807, 2.05) is 59.3 Å². The molecule has 31 heavy (non-hydrogen) atoms. The Hall–Kier alpha value is -3.16. The van der Waals surface area contributed by atoms with Crippen molar-refractivity contribution >= 4 is 40.1 Å². The van der Waals surface area contributed by atoms with Gasteiger partial charge in [0.2, 0.25) is 5.95 Å². The third kappa shape index (κ3) is 4.95. The Bertz CT molecular complexity index is 1120. The van der Waals surface area contributed by atoms with Crippen LogP contribution in [0.15, 0.2) is 60.8 Å². The highest BCUT2D eigenvalue weighted by atomic mass is 35.5. The standard InChI is InChI=1S/C23H26ClN7/c1-3-30(4-2)15-14-25-23-28-21(27-18-12-10-17(24)11-13-18)20-16-26-31(22(20)29-23)19-8-6-5-7-9-19/h5-13,16H,3-4,14-15H2,1-2H3,(H2,25,27,28,29). The van der Waals surface area contributed by atoms with E-state index in [4.69, 9.17) is 21.6 Å². The average Bonchev–Trinajstić information content (AvgIpc) is 3.23. The lowest BCUT2D eigenvalue weighted by atomic mass is 10.3. The molecular formula is C23H26ClN7. The largest absolute Gasteiger partial charge is 0.353 e. The molecule has 0 bridgehead atoms. The minimum Gasteiger partial charge on any atom is -0.353 e. The van der Waals surface area contributed by atoms with Crippen LogP contribution in [0.1, 0.15) is 13.8 Å². The van der Waals surface area contributed by atoms with Crippen LogP contribution in [0.2, 0.25) is 5.02 Å². The van der Waals surface area contributed by atoms with E-state index in [-0.39, 0.29) is 0 Å². The van der Waals surface area contributed by atoms with Crippen LogP contribution in [0.4, 0.5) is 17.5 Å². The van der Waals surface area contributed by atoms with Gasteiger partial charge in [-0.2, -0.15) is 15.1 Å². The number of likely N-dealkylation sites (N-methyl/N-ethyl adjacent to an activating group) is 1. The van der Waals surface area contributed by atoms with Crippen LogP contribution in [-0.2, 0) is 0 Å². The van der Waals surface area contributed by atoms with Crippen molar-refractivity contribution in [3.8, 4) is 5.69 Å². The van der Waals surface area contributed by atoms with Crippen molar-refractivity contribution in [2.75, 3.05) is 36.8 Å². The van der Waals surface area contributed by atoms with Crippen molar-refractivity contribution in [2.24, 2.45) is 0 Å². The predicted octanol–water partition coefficient (Wildman–Crippen LogP) is 4.97. The van der Waals surface area contributed by atoms with Crippen LogP contribution >= 0.6 is 11.6 Å². The number of halogens is 1. The Balaban J connectivity index is 1.70. The van der Waals surface area contributed by atoms with E-state index in [0.29, 0.717) is 16.8 Å². The molecule has 4 aromatic rings. The maximum absolute atomic E-state index is 6.03. The fourth-order valence-corrected chi connectivity index (χ4v) is 3.50.